The van der Waals surface area contributed by atoms with Gasteiger partial charge >= 0.3 is 7.12 Å². The van der Waals surface area contributed by atoms with Crippen LogP contribution in [0, 0.1) is 0 Å². The van der Waals surface area contributed by atoms with Gasteiger partial charge in [-0.1, -0.05) is 84.9 Å². The summed E-state index contributed by atoms with van der Waals surface area (Å²) in [5.41, 5.74) is 2.65. The van der Waals surface area contributed by atoms with Gasteiger partial charge in [0.15, 0.2) is 0 Å². The average molecular weight is 430 g/mol. The number of rotatable bonds is 2. The number of fused-ring (bicyclic) bond motifs is 6. The first-order valence-electron chi connectivity index (χ1n) is 11.6. The van der Waals surface area contributed by atoms with E-state index in [2.05, 4.69) is 119 Å². The standard InChI is InChI=1S/C30H27BO2/c1-29(2)30(3,4)33-31(32-29)27-19-21(20-12-6-5-7-13-20)18-26-24-16-9-8-14-22(24)23-15-10-11-17-25(23)28(26)27/h5-19H,1-4H3. The molecule has 0 bridgehead atoms. The molecule has 1 fully saturated rings. The highest BCUT2D eigenvalue weighted by atomic mass is 16.7. The normalized spacial score (nSPS) is 17.3. The van der Waals surface area contributed by atoms with E-state index in [1.165, 1.54) is 43.4 Å². The van der Waals surface area contributed by atoms with Gasteiger partial charge in [-0.15, -0.1) is 0 Å². The van der Waals surface area contributed by atoms with E-state index in [0.717, 1.165) is 5.46 Å². The van der Waals surface area contributed by atoms with Crippen LogP contribution in [0.15, 0.2) is 91.0 Å². The van der Waals surface area contributed by atoms with Crippen LogP contribution in [0.2, 0.25) is 0 Å². The van der Waals surface area contributed by atoms with Crippen LogP contribution in [0.25, 0.3) is 43.4 Å². The Morgan fingerprint density at radius 1 is 0.515 bits per heavy atom. The molecule has 0 N–H and O–H groups in total. The maximum Gasteiger partial charge on any atom is 0.495 e. The highest BCUT2D eigenvalue weighted by Crippen LogP contribution is 2.40. The van der Waals surface area contributed by atoms with E-state index >= 15 is 0 Å². The maximum absolute atomic E-state index is 6.59. The summed E-state index contributed by atoms with van der Waals surface area (Å²) < 4.78 is 13.2. The van der Waals surface area contributed by atoms with E-state index in [1.54, 1.807) is 0 Å². The third kappa shape index (κ3) is 3.11. The molecule has 0 amide bonds. The Morgan fingerprint density at radius 3 is 1.61 bits per heavy atom. The summed E-state index contributed by atoms with van der Waals surface area (Å²) in [6, 6.07) is 32.5. The minimum Gasteiger partial charge on any atom is -0.399 e. The van der Waals surface area contributed by atoms with Gasteiger partial charge in [-0.2, -0.15) is 0 Å². The van der Waals surface area contributed by atoms with Crippen molar-refractivity contribution < 1.29 is 9.31 Å². The molecule has 3 heteroatoms. The smallest absolute Gasteiger partial charge is 0.399 e. The Labute approximate surface area is 195 Å². The van der Waals surface area contributed by atoms with E-state index in [0.29, 0.717) is 0 Å². The zero-order chi connectivity index (χ0) is 22.8. The molecule has 1 aliphatic rings. The molecule has 0 aromatic heterocycles. The number of benzene rings is 5. The van der Waals surface area contributed by atoms with Crippen molar-refractivity contribution in [1.82, 2.24) is 0 Å². The van der Waals surface area contributed by atoms with Crippen LogP contribution in [0.4, 0.5) is 0 Å². The van der Waals surface area contributed by atoms with Crippen LogP contribution in [0.1, 0.15) is 27.7 Å². The van der Waals surface area contributed by atoms with E-state index in [1.807, 2.05) is 0 Å². The molecule has 0 spiro atoms. The van der Waals surface area contributed by atoms with Crippen molar-refractivity contribution >= 4 is 44.9 Å². The van der Waals surface area contributed by atoms with Gasteiger partial charge in [-0.05, 0) is 82.7 Å². The zero-order valence-corrected chi connectivity index (χ0v) is 19.6. The van der Waals surface area contributed by atoms with E-state index in [4.69, 9.17) is 9.31 Å². The molecule has 5 aromatic rings. The highest BCUT2D eigenvalue weighted by Gasteiger charge is 2.52. The largest absolute Gasteiger partial charge is 0.495 e. The van der Waals surface area contributed by atoms with Gasteiger partial charge in [-0.3, -0.25) is 0 Å². The molecular weight excluding hydrogens is 403 g/mol. The summed E-state index contributed by atoms with van der Waals surface area (Å²) in [6.07, 6.45) is 0. The molecule has 6 rings (SSSR count). The first kappa shape index (κ1) is 20.5. The highest BCUT2D eigenvalue weighted by molar-refractivity contribution is 6.66. The van der Waals surface area contributed by atoms with Crippen molar-refractivity contribution in [3.8, 4) is 11.1 Å². The zero-order valence-electron chi connectivity index (χ0n) is 19.6. The van der Waals surface area contributed by atoms with Gasteiger partial charge in [0.05, 0.1) is 11.2 Å². The fourth-order valence-electron chi connectivity index (χ4n) is 5.02. The molecule has 5 aromatic carbocycles. The molecule has 0 atom stereocenters. The van der Waals surface area contributed by atoms with Crippen molar-refractivity contribution in [2.75, 3.05) is 0 Å². The third-order valence-corrected chi connectivity index (χ3v) is 7.49. The Balaban J connectivity index is 1.76. The van der Waals surface area contributed by atoms with E-state index < -0.39 is 18.3 Å². The first-order chi connectivity index (χ1) is 15.9. The lowest BCUT2D eigenvalue weighted by Crippen LogP contribution is -2.41. The first-order valence-corrected chi connectivity index (χ1v) is 11.6. The predicted molar refractivity (Wildman–Crippen MR) is 140 cm³/mol. The number of hydrogen-bond donors (Lipinski definition) is 0. The Hall–Kier alpha value is -3.14. The molecule has 1 aliphatic heterocycles. The van der Waals surface area contributed by atoms with Crippen molar-refractivity contribution in [3.05, 3.63) is 91.0 Å². The topological polar surface area (TPSA) is 18.5 Å². The van der Waals surface area contributed by atoms with Gasteiger partial charge in [0.2, 0.25) is 0 Å². The maximum atomic E-state index is 6.59. The molecule has 1 heterocycles. The predicted octanol–water partition coefficient (Wildman–Crippen LogP) is 7.11. The van der Waals surface area contributed by atoms with Crippen LogP contribution in [0.3, 0.4) is 0 Å². The fraction of sp³-hybridized carbons (Fsp3) is 0.200. The summed E-state index contributed by atoms with van der Waals surface area (Å²) in [5.74, 6) is 0. The molecular formula is C30H27BO2. The Kier molecular flexibility index (Phi) is 4.45. The van der Waals surface area contributed by atoms with Gasteiger partial charge < -0.3 is 9.31 Å². The fourth-order valence-corrected chi connectivity index (χ4v) is 5.02. The molecule has 0 radical (unpaired) electrons. The van der Waals surface area contributed by atoms with Crippen molar-refractivity contribution in [3.63, 3.8) is 0 Å². The summed E-state index contributed by atoms with van der Waals surface area (Å²) in [6.45, 7) is 8.46. The van der Waals surface area contributed by atoms with Gasteiger partial charge in [0.25, 0.3) is 0 Å². The molecule has 162 valence electrons. The van der Waals surface area contributed by atoms with Crippen LogP contribution in [-0.4, -0.2) is 18.3 Å². The summed E-state index contributed by atoms with van der Waals surface area (Å²) >= 11 is 0. The Morgan fingerprint density at radius 2 is 1.00 bits per heavy atom. The minimum atomic E-state index is -0.439. The van der Waals surface area contributed by atoms with Crippen LogP contribution in [0.5, 0.6) is 0 Å². The molecule has 0 saturated carbocycles. The monoisotopic (exact) mass is 430 g/mol. The lowest BCUT2D eigenvalue weighted by Gasteiger charge is -2.32. The van der Waals surface area contributed by atoms with Crippen molar-refractivity contribution in [2.24, 2.45) is 0 Å². The summed E-state index contributed by atoms with van der Waals surface area (Å²) in [5, 5.41) is 7.45. The summed E-state index contributed by atoms with van der Waals surface area (Å²) in [4.78, 5) is 0. The van der Waals surface area contributed by atoms with Gasteiger partial charge in [0, 0.05) is 0 Å². The van der Waals surface area contributed by atoms with Crippen LogP contribution < -0.4 is 5.46 Å². The Bertz CT molecular complexity index is 1500. The molecule has 0 unspecified atom stereocenters. The number of hydrogen-bond acceptors (Lipinski definition) is 2. The molecule has 2 nitrogen and oxygen atoms in total. The SMILES string of the molecule is CC1(C)OB(c2cc(-c3ccccc3)cc3c4ccccc4c4ccccc4c23)OC1(C)C. The van der Waals surface area contributed by atoms with E-state index in [9.17, 15) is 0 Å². The average Bonchev–Trinajstić information content (AvgIpc) is 3.05. The summed E-state index contributed by atoms with van der Waals surface area (Å²) in [7, 11) is -0.439. The van der Waals surface area contributed by atoms with Gasteiger partial charge in [0.1, 0.15) is 0 Å². The van der Waals surface area contributed by atoms with Gasteiger partial charge in [-0.25, -0.2) is 0 Å². The second kappa shape index (κ2) is 7.18. The molecule has 33 heavy (non-hydrogen) atoms. The quantitative estimate of drug-likeness (QED) is 0.219. The van der Waals surface area contributed by atoms with Crippen LogP contribution in [-0.2, 0) is 9.31 Å². The van der Waals surface area contributed by atoms with Crippen LogP contribution >= 0.6 is 0 Å². The van der Waals surface area contributed by atoms with E-state index in [-0.39, 0.29) is 0 Å². The molecule has 1 saturated heterocycles. The second-order valence-corrected chi connectivity index (χ2v) is 10.0. The van der Waals surface area contributed by atoms with Crippen molar-refractivity contribution in [1.29, 1.82) is 0 Å². The second-order valence-electron chi connectivity index (χ2n) is 10.0. The lowest BCUT2D eigenvalue weighted by molar-refractivity contribution is 0.00578. The minimum absolute atomic E-state index is 0.403. The third-order valence-electron chi connectivity index (χ3n) is 7.49. The molecule has 0 aliphatic carbocycles. The lowest BCUT2D eigenvalue weighted by atomic mass is 9.73. The van der Waals surface area contributed by atoms with Crippen molar-refractivity contribution in [2.45, 2.75) is 38.9 Å².